The first-order valence-corrected chi connectivity index (χ1v) is 8.06. The molecule has 2 aromatic carbocycles. The van der Waals surface area contributed by atoms with Crippen LogP contribution in [0.5, 0.6) is 5.75 Å². The molecule has 0 aliphatic rings. The molecular weight excluding hydrogens is 318 g/mol. The highest BCUT2D eigenvalue weighted by molar-refractivity contribution is 5.99. The molecule has 5 heteroatoms. The minimum Gasteiger partial charge on any atom is -0.496 e. The number of carbonyl (C=O) groups is 2. The Labute approximate surface area is 148 Å². The summed E-state index contributed by atoms with van der Waals surface area (Å²) in [5, 5.41) is 2.84. The number of amides is 1. The van der Waals surface area contributed by atoms with Crippen molar-refractivity contribution in [1.82, 2.24) is 0 Å². The van der Waals surface area contributed by atoms with E-state index >= 15 is 0 Å². The van der Waals surface area contributed by atoms with Crippen molar-refractivity contribution in [3.05, 3.63) is 58.7 Å². The number of para-hydroxylation sites is 1. The molecule has 0 saturated carbocycles. The van der Waals surface area contributed by atoms with Gasteiger partial charge in [0.2, 0.25) is 0 Å². The molecule has 5 nitrogen and oxygen atoms in total. The van der Waals surface area contributed by atoms with E-state index < -0.39 is 12.1 Å². The summed E-state index contributed by atoms with van der Waals surface area (Å²) in [5.74, 6) is -0.568. The van der Waals surface area contributed by atoms with E-state index in [9.17, 15) is 9.59 Å². The molecule has 25 heavy (non-hydrogen) atoms. The van der Waals surface area contributed by atoms with Crippen molar-refractivity contribution in [3.63, 3.8) is 0 Å². The lowest BCUT2D eigenvalue weighted by Gasteiger charge is -2.17. The average molecular weight is 341 g/mol. The Hall–Kier alpha value is -2.82. The molecule has 132 valence electrons. The van der Waals surface area contributed by atoms with Crippen LogP contribution in [0.1, 0.15) is 34.0 Å². The number of benzene rings is 2. The van der Waals surface area contributed by atoms with Crippen LogP contribution in [0.15, 0.2) is 36.4 Å². The fourth-order valence-corrected chi connectivity index (χ4v) is 2.69. The van der Waals surface area contributed by atoms with Gasteiger partial charge < -0.3 is 14.8 Å². The van der Waals surface area contributed by atoms with Gasteiger partial charge in [-0.25, -0.2) is 4.79 Å². The monoisotopic (exact) mass is 341 g/mol. The van der Waals surface area contributed by atoms with Crippen LogP contribution in [0.2, 0.25) is 0 Å². The first-order valence-electron chi connectivity index (χ1n) is 8.06. The number of anilines is 1. The zero-order valence-electron chi connectivity index (χ0n) is 15.2. The van der Waals surface area contributed by atoms with Crippen molar-refractivity contribution in [1.29, 1.82) is 0 Å². The molecular formula is C20H23NO4. The third-order valence-corrected chi connectivity index (χ3v) is 3.91. The van der Waals surface area contributed by atoms with E-state index in [4.69, 9.17) is 9.47 Å². The zero-order chi connectivity index (χ0) is 18.6. The predicted molar refractivity (Wildman–Crippen MR) is 97.2 cm³/mol. The molecule has 2 rings (SSSR count). The Morgan fingerprint density at radius 2 is 1.64 bits per heavy atom. The Balaban J connectivity index is 2.09. The quantitative estimate of drug-likeness (QED) is 0.840. The van der Waals surface area contributed by atoms with Gasteiger partial charge >= 0.3 is 5.97 Å². The van der Waals surface area contributed by atoms with Crippen molar-refractivity contribution in [3.8, 4) is 5.75 Å². The normalized spacial score (nSPS) is 11.6. The molecule has 1 atom stereocenters. The van der Waals surface area contributed by atoms with Gasteiger partial charge in [-0.05, 0) is 51.0 Å². The third-order valence-electron chi connectivity index (χ3n) is 3.91. The van der Waals surface area contributed by atoms with Crippen LogP contribution in [-0.4, -0.2) is 25.1 Å². The summed E-state index contributed by atoms with van der Waals surface area (Å²) >= 11 is 0. The number of hydrogen-bond donors (Lipinski definition) is 1. The van der Waals surface area contributed by atoms with Crippen LogP contribution >= 0.6 is 0 Å². The maximum absolute atomic E-state index is 12.4. The molecule has 0 aromatic heterocycles. The molecule has 1 N–H and O–H groups in total. The fourth-order valence-electron chi connectivity index (χ4n) is 2.69. The maximum atomic E-state index is 12.4. The molecule has 0 aliphatic heterocycles. The lowest BCUT2D eigenvalue weighted by molar-refractivity contribution is -0.123. The number of nitrogens with one attached hydrogen (secondary N) is 1. The zero-order valence-corrected chi connectivity index (χ0v) is 15.2. The Morgan fingerprint density at radius 1 is 1.04 bits per heavy atom. The van der Waals surface area contributed by atoms with Gasteiger partial charge in [0.15, 0.2) is 6.10 Å². The van der Waals surface area contributed by atoms with E-state index in [1.807, 2.05) is 32.9 Å². The van der Waals surface area contributed by atoms with Gasteiger partial charge in [0, 0.05) is 5.69 Å². The SMILES string of the molecule is COc1ccccc1C(=O)OC(C)C(=O)Nc1c(C)cc(C)cc1C. The molecule has 0 radical (unpaired) electrons. The van der Waals surface area contributed by atoms with Crippen molar-refractivity contribution < 1.29 is 19.1 Å². The van der Waals surface area contributed by atoms with Crippen LogP contribution in [0, 0.1) is 20.8 Å². The molecule has 0 aliphatic carbocycles. The van der Waals surface area contributed by atoms with Crippen molar-refractivity contribution in [2.75, 3.05) is 12.4 Å². The van der Waals surface area contributed by atoms with Gasteiger partial charge in [-0.15, -0.1) is 0 Å². The Bertz CT molecular complexity index is 775. The van der Waals surface area contributed by atoms with E-state index in [0.717, 1.165) is 22.4 Å². The Kier molecular flexibility index (Phi) is 5.80. The smallest absolute Gasteiger partial charge is 0.342 e. The van der Waals surface area contributed by atoms with Crippen molar-refractivity contribution in [2.45, 2.75) is 33.8 Å². The number of esters is 1. The Morgan fingerprint density at radius 3 is 2.24 bits per heavy atom. The average Bonchev–Trinajstić information content (AvgIpc) is 2.57. The van der Waals surface area contributed by atoms with Crippen LogP contribution in [0.4, 0.5) is 5.69 Å². The number of carbonyl (C=O) groups excluding carboxylic acids is 2. The highest BCUT2D eigenvalue weighted by Crippen LogP contribution is 2.23. The van der Waals surface area contributed by atoms with Crippen LogP contribution in [0.3, 0.4) is 0 Å². The van der Waals surface area contributed by atoms with Crippen LogP contribution in [-0.2, 0) is 9.53 Å². The molecule has 0 bridgehead atoms. The molecule has 0 heterocycles. The van der Waals surface area contributed by atoms with Crippen LogP contribution in [0.25, 0.3) is 0 Å². The molecule has 0 spiro atoms. The number of rotatable bonds is 5. The van der Waals surface area contributed by atoms with Crippen molar-refractivity contribution in [2.24, 2.45) is 0 Å². The number of ether oxygens (including phenoxy) is 2. The number of hydrogen-bond acceptors (Lipinski definition) is 4. The second-order valence-electron chi connectivity index (χ2n) is 6.01. The largest absolute Gasteiger partial charge is 0.496 e. The summed E-state index contributed by atoms with van der Waals surface area (Å²) in [5.41, 5.74) is 4.09. The molecule has 2 aromatic rings. The molecule has 0 saturated heterocycles. The molecule has 0 fully saturated rings. The summed E-state index contributed by atoms with van der Waals surface area (Å²) in [4.78, 5) is 24.7. The second-order valence-corrected chi connectivity index (χ2v) is 6.01. The van der Waals surface area contributed by atoms with Gasteiger partial charge in [0.1, 0.15) is 11.3 Å². The first kappa shape index (κ1) is 18.5. The van der Waals surface area contributed by atoms with Crippen molar-refractivity contribution >= 4 is 17.6 Å². The van der Waals surface area contributed by atoms with E-state index in [0.29, 0.717) is 5.75 Å². The van der Waals surface area contributed by atoms with Gasteiger partial charge in [0.05, 0.1) is 7.11 Å². The van der Waals surface area contributed by atoms with Crippen LogP contribution < -0.4 is 10.1 Å². The maximum Gasteiger partial charge on any atom is 0.342 e. The summed E-state index contributed by atoms with van der Waals surface area (Å²) < 4.78 is 10.4. The molecule has 1 amide bonds. The van der Waals surface area contributed by atoms with Gasteiger partial charge in [-0.1, -0.05) is 29.8 Å². The predicted octanol–water partition coefficient (Wildman–Crippen LogP) is 3.80. The number of aryl methyl sites for hydroxylation is 3. The highest BCUT2D eigenvalue weighted by atomic mass is 16.5. The topological polar surface area (TPSA) is 64.6 Å². The third kappa shape index (κ3) is 4.38. The minimum absolute atomic E-state index is 0.285. The fraction of sp³-hybridized carbons (Fsp3) is 0.300. The summed E-state index contributed by atoms with van der Waals surface area (Å²) in [7, 11) is 1.48. The van der Waals surface area contributed by atoms with E-state index in [-0.39, 0.29) is 11.5 Å². The van der Waals surface area contributed by atoms with E-state index in [2.05, 4.69) is 5.32 Å². The standard InChI is InChI=1S/C20H23NO4/c1-12-10-13(2)18(14(3)11-12)21-19(22)15(4)25-20(23)16-8-6-7-9-17(16)24-5/h6-11,15H,1-5H3,(H,21,22). The second kappa shape index (κ2) is 7.83. The summed E-state index contributed by atoms with van der Waals surface area (Å²) in [6.07, 6.45) is -0.933. The lowest BCUT2D eigenvalue weighted by Crippen LogP contribution is -2.30. The summed E-state index contributed by atoms with van der Waals surface area (Å²) in [6, 6.07) is 10.7. The highest BCUT2D eigenvalue weighted by Gasteiger charge is 2.22. The number of methoxy groups -OCH3 is 1. The summed E-state index contributed by atoms with van der Waals surface area (Å²) in [6.45, 7) is 7.41. The first-order chi connectivity index (χ1) is 11.8. The van der Waals surface area contributed by atoms with Gasteiger partial charge in [-0.2, -0.15) is 0 Å². The van der Waals surface area contributed by atoms with E-state index in [1.165, 1.54) is 7.11 Å². The molecule has 1 unspecified atom stereocenters. The van der Waals surface area contributed by atoms with E-state index in [1.54, 1.807) is 31.2 Å². The lowest BCUT2D eigenvalue weighted by atomic mass is 10.0. The van der Waals surface area contributed by atoms with Gasteiger partial charge in [-0.3, -0.25) is 4.79 Å². The van der Waals surface area contributed by atoms with Gasteiger partial charge in [0.25, 0.3) is 5.91 Å². The minimum atomic E-state index is -0.933.